The van der Waals surface area contributed by atoms with Crippen LogP contribution in [0.5, 0.6) is 0 Å². The molecule has 0 spiro atoms. The van der Waals surface area contributed by atoms with Crippen LogP contribution in [0.15, 0.2) is 46.3 Å². The Morgan fingerprint density at radius 2 is 2.12 bits per heavy atom. The molecule has 2 atom stereocenters. The van der Waals surface area contributed by atoms with Crippen LogP contribution in [-0.2, 0) is 16.1 Å². The molecule has 2 heterocycles. The standard InChI is InChI=1S/C17H18FN3O3/c1-11(15-7-8-23-20-15)21(2)17(22)16-10-14(19-24-16)9-12-3-5-13(18)6-4-12/h3-8,11,16H,9-10H2,1-2H3/t11-,16-/m0/s1. The van der Waals surface area contributed by atoms with Crippen LogP contribution in [0.1, 0.15) is 30.6 Å². The monoisotopic (exact) mass is 331 g/mol. The van der Waals surface area contributed by atoms with Gasteiger partial charge in [-0.1, -0.05) is 22.4 Å². The number of benzene rings is 1. The Morgan fingerprint density at radius 3 is 2.79 bits per heavy atom. The van der Waals surface area contributed by atoms with Crippen LogP contribution in [0.25, 0.3) is 0 Å². The van der Waals surface area contributed by atoms with Crippen molar-refractivity contribution in [3.63, 3.8) is 0 Å². The Bertz CT molecular complexity index is 728. The van der Waals surface area contributed by atoms with Gasteiger partial charge in [-0.05, 0) is 24.6 Å². The lowest BCUT2D eigenvalue weighted by atomic mass is 10.0. The summed E-state index contributed by atoms with van der Waals surface area (Å²) in [5, 5.41) is 7.86. The van der Waals surface area contributed by atoms with E-state index in [0.717, 1.165) is 11.3 Å². The zero-order valence-corrected chi connectivity index (χ0v) is 13.5. The number of amides is 1. The molecule has 1 aliphatic heterocycles. The highest BCUT2D eigenvalue weighted by atomic mass is 19.1. The second-order valence-electron chi connectivity index (χ2n) is 5.81. The second kappa shape index (κ2) is 6.82. The fraction of sp³-hybridized carbons (Fsp3) is 0.353. The van der Waals surface area contributed by atoms with Crippen molar-refractivity contribution in [2.75, 3.05) is 7.05 Å². The van der Waals surface area contributed by atoms with E-state index < -0.39 is 6.10 Å². The van der Waals surface area contributed by atoms with Gasteiger partial charge in [0.25, 0.3) is 5.91 Å². The van der Waals surface area contributed by atoms with Gasteiger partial charge in [0, 0.05) is 26.0 Å². The molecular formula is C17H18FN3O3. The maximum Gasteiger partial charge on any atom is 0.267 e. The molecule has 1 aromatic heterocycles. The first-order chi connectivity index (χ1) is 11.5. The smallest absolute Gasteiger partial charge is 0.267 e. The number of rotatable bonds is 5. The molecule has 0 N–H and O–H groups in total. The molecule has 0 unspecified atom stereocenters. The van der Waals surface area contributed by atoms with Crippen molar-refractivity contribution in [3.05, 3.63) is 53.7 Å². The van der Waals surface area contributed by atoms with E-state index in [2.05, 4.69) is 10.3 Å². The van der Waals surface area contributed by atoms with E-state index >= 15 is 0 Å². The fourth-order valence-electron chi connectivity index (χ4n) is 2.56. The molecule has 0 saturated heterocycles. The van der Waals surface area contributed by atoms with Crippen molar-refractivity contribution in [1.82, 2.24) is 10.1 Å². The highest BCUT2D eigenvalue weighted by Gasteiger charge is 2.33. The number of oxime groups is 1. The molecule has 126 valence electrons. The largest absolute Gasteiger partial charge is 0.382 e. The Balaban J connectivity index is 1.57. The van der Waals surface area contributed by atoms with Crippen LogP contribution in [0, 0.1) is 5.82 Å². The van der Waals surface area contributed by atoms with Crippen LogP contribution >= 0.6 is 0 Å². The average Bonchev–Trinajstić information content (AvgIpc) is 3.26. The number of aromatic nitrogens is 1. The second-order valence-corrected chi connectivity index (χ2v) is 5.81. The molecule has 24 heavy (non-hydrogen) atoms. The minimum Gasteiger partial charge on any atom is -0.382 e. The normalized spacial score (nSPS) is 18.0. The Hall–Kier alpha value is -2.70. The first-order valence-electron chi connectivity index (χ1n) is 7.67. The topological polar surface area (TPSA) is 67.9 Å². The number of nitrogens with zero attached hydrogens (tertiary/aromatic N) is 3. The summed E-state index contributed by atoms with van der Waals surface area (Å²) < 4.78 is 17.7. The third-order valence-electron chi connectivity index (χ3n) is 4.14. The minimum absolute atomic E-state index is 0.164. The minimum atomic E-state index is -0.639. The molecular weight excluding hydrogens is 313 g/mol. The quantitative estimate of drug-likeness (QED) is 0.845. The van der Waals surface area contributed by atoms with Crippen LogP contribution in [0.3, 0.4) is 0 Å². The average molecular weight is 331 g/mol. The molecule has 1 aliphatic rings. The van der Waals surface area contributed by atoms with Crippen molar-refractivity contribution >= 4 is 11.6 Å². The van der Waals surface area contributed by atoms with E-state index in [0.29, 0.717) is 18.5 Å². The van der Waals surface area contributed by atoms with Gasteiger partial charge in [-0.2, -0.15) is 0 Å². The van der Waals surface area contributed by atoms with E-state index in [4.69, 9.17) is 9.36 Å². The maximum atomic E-state index is 12.9. The van der Waals surface area contributed by atoms with Gasteiger partial charge >= 0.3 is 0 Å². The Morgan fingerprint density at radius 1 is 1.38 bits per heavy atom. The van der Waals surface area contributed by atoms with Crippen LogP contribution in [0.4, 0.5) is 4.39 Å². The third-order valence-corrected chi connectivity index (χ3v) is 4.14. The van der Waals surface area contributed by atoms with E-state index in [1.54, 1.807) is 30.1 Å². The lowest BCUT2D eigenvalue weighted by Crippen LogP contribution is -2.38. The summed E-state index contributed by atoms with van der Waals surface area (Å²) in [5.41, 5.74) is 2.37. The zero-order valence-electron chi connectivity index (χ0n) is 13.5. The van der Waals surface area contributed by atoms with E-state index in [9.17, 15) is 9.18 Å². The molecule has 0 bridgehead atoms. The maximum absolute atomic E-state index is 12.9. The lowest BCUT2D eigenvalue weighted by molar-refractivity contribution is -0.142. The van der Waals surface area contributed by atoms with Crippen LogP contribution in [-0.4, -0.2) is 34.8 Å². The summed E-state index contributed by atoms with van der Waals surface area (Å²) in [5.74, 6) is -0.441. The van der Waals surface area contributed by atoms with Crippen molar-refractivity contribution in [2.24, 2.45) is 5.16 Å². The van der Waals surface area contributed by atoms with Gasteiger partial charge in [0.15, 0.2) is 0 Å². The molecule has 0 fully saturated rings. The van der Waals surface area contributed by atoms with Gasteiger partial charge in [-0.15, -0.1) is 0 Å². The van der Waals surface area contributed by atoms with Gasteiger partial charge in [0.1, 0.15) is 17.8 Å². The Labute approximate surface area is 138 Å². The molecule has 1 amide bonds. The fourth-order valence-corrected chi connectivity index (χ4v) is 2.56. The molecule has 7 heteroatoms. The SMILES string of the molecule is C[C@@H](c1ccon1)N(C)C(=O)[C@@H]1CC(Cc2ccc(F)cc2)=NO1. The first kappa shape index (κ1) is 16.2. The van der Waals surface area contributed by atoms with Crippen molar-refractivity contribution < 1.29 is 18.5 Å². The van der Waals surface area contributed by atoms with Gasteiger partial charge in [0.2, 0.25) is 6.10 Å². The molecule has 6 nitrogen and oxygen atoms in total. The van der Waals surface area contributed by atoms with Crippen LogP contribution in [0.2, 0.25) is 0 Å². The Kier molecular flexibility index (Phi) is 4.59. The predicted molar refractivity (Wildman–Crippen MR) is 84.7 cm³/mol. The predicted octanol–water partition coefficient (Wildman–Crippen LogP) is 2.72. The van der Waals surface area contributed by atoms with Crippen molar-refractivity contribution in [3.8, 4) is 0 Å². The third kappa shape index (κ3) is 3.45. The summed E-state index contributed by atoms with van der Waals surface area (Å²) in [6.45, 7) is 1.87. The molecule has 2 aromatic rings. The van der Waals surface area contributed by atoms with Gasteiger partial charge in [0.05, 0.1) is 11.8 Å². The molecule has 3 rings (SSSR count). The lowest BCUT2D eigenvalue weighted by Gasteiger charge is -2.24. The molecule has 1 aromatic carbocycles. The molecule has 0 aliphatic carbocycles. The number of likely N-dealkylation sites (N-methyl/N-ethyl adjacent to an activating group) is 1. The van der Waals surface area contributed by atoms with Gasteiger partial charge in [-0.3, -0.25) is 4.79 Å². The van der Waals surface area contributed by atoms with Crippen molar-refractivity contribution in [2.45, 2.75) is 31.9 Å². The molecule has 0 saturated carbocycles. The summed E-state index contributed by atoms with van der Waals surface area (Å²) in [7, 11) is 1.70. The molecule has 0 radical (unpaired) electrons. The van der Waals surface area contributed by atoms with Gasteiger partial charge in [-0.25, -0.2) is 4.39 Å². The number of halogens is 1. The summed E-state index contributed by atoms with van der Waals surface area (Å²) in [6, 6.07) is 7.71. The summed E-state index contributed by atoms with van der Waals surface area (Å²) in [6.07, 6.45) is 1.79. The number of hydrogen-bond acceptors (Lipinski definition) is 5. The number of carbonyl (C=O) groups excluding carboxylic acids is 1. The zero-order chi connectivity index (χ0) is 17.1. The van der Waals surface area contributed by atoms with Gasteiger partial charge < -0.3 is 14.3 Å². The summed E-state index contributed by atoms with van der Waals surface area (Å²) >= 11 is 0. The number of hydrogen-bond donors (Lipinski definition) is 0. The summed E-state index contributed by atoms with van der Waals surface area (Å²) in [4.78, 5) is 19.4. The van der Waals surface area contributed by atoms with E-state index in [1.165, 1.54) is 18.4 Å². The first-order valence-corrected chi connectivity index (χ1v) is 7.67. The highest BCUT2D eigenvalue weighted by molar-refractivity contribution is 5.94. The number of carbonyl (C=O) groups is 1. The van der Waals surface area contributed by atoms with E-state index in [-0.39, 0.29) is 17.8 Å². The highest BCUT2D eigenvalue weighted by Crippen LogP contribution is 2.22. The van der Waals surface area contributed by atoms with Crippen molar-refractivity contribution in [1.29, 1.82) is 0 Å². The van der Waals surface area contributed by atoms with E-state index in [1.807, 2.05) is 6.92 Å². The van der Waals surface area contributed by atoms with Crippen LogP contribution < -0.4 is 0 Å².